The van der Waals surface area contributed by atoms with Crippen molar-refractivity contribution >= 4 is 17.4 Å². The van der Waals surface area contributed by atoms with Crippen molar-refractivity contribution in [1.82, 2.24) is 0 Å². The molecule has 1 atom stereocenters. The lowest BCUT2D eigenvalue weighted by molar-refractivity contribution is 0.0473. The van der Waals surface area contributed by atoms with E-state index in [4.69, 9.17) is 10.5 Å². The molecule has 0 aromatic heterocycles. The van der Waals surface area contributed by atoms with Crippen LogP contribution < -0.4 is 5.73 Å². The van der Waals surface area contributed by atoms with Crippen LogP contribution in [-0.2, 0) is 4.74 Å². The van der Waals surface area contributed by atoms with Crippen molar-refractivity contribution in [3.63, 3.8) is 0 Å². The van der Waals surface area contributed by atoms with E-state index in [9.17, 15) is 5.11 Å². The molecule has 0 radical (unpaired) electrons. The van der Waals surface area contributed by atoms with E-state index in [2.05, 4.69) is 6.92 Å². The maximum absolute atomic E-state index is 9.69. The Morgan fingerprint density at radius 2 is 2.06 bits per heavy atom. The first kappa shape index (κ1) is 14.4. The summed E-state index contributed by atoms with van der Waals surface area (Å²) in [5.41, 5.74) is 6.36. The van der Waals surface area contributed by atoms with Crippen LogP contribution in [0.5, 0.6) is 0 Å². The third-order valence-corrected chi connectivity index (χ3v) is 3.43. The van der Waals surface area contributed by atoms with E-state index in [1.54, 1.807) is 11.8 Å². The molecule has 0 aliphatic heterocycles. The highest BCUT2D eigenvalue weighted by Gasteiger charge is 2.05. The van der Waals surface area contributed by atoms with Crippen LogP contribution in [0.4, 0.5) is 5.69 Å². The van der Waals surface area contributed by atoms with E-state index >= 15 is 0 Å². The molecular formula is C13H21NO2S. The number of aliphatic hydroxyl groups excluding tert-OH is 1. The summed E-state index contributed by atoms with van der Waals surface area (Å²) in [6.45, 7) is 3.28. The first-order valence-corrected chi connectivity index (χ1v) is 6.95. The van der Waals surface area contributed by atoms with Gasteiger partial charge in [-0.25, -0.2) is 0 Å². The Labute approximate surface area is 107 Å². The molecule has 96 valence electrons. The summed E-state index contributed by atoms with van der Waals surface area (Å²) in [6, 6.07) is 7.66. The first-order valence-electron chi connectivity index (χ1n) is 5.96. The quantitative estimate of drug-likeness (QED) is 0.426. The van der Waals surface area contributed by atoms with E-state index in [1.165, 1.54) is 0 Å². The highest BCUT2D eigenvalue weighted by Crippen LogP contribution is 2.19. The predicted molar refractivity (Wildman–Crippen MR) is 73.3 cm³/mol. The monoisotopic (exact) mass is 255 g/mol. The van der Waals surface area contributed by atoms with Gasteiger partial charge in [-0.3, -0.25) is 0 Å². The molecule has 1 aromatic rings. The number of unbranched alkanes of at least 4 members (excludes halogenated alkanes) is 1. The molecule has 0 spiro atoms. The van der Waals surface area contributed by atoms with Crippen LogP contribution in [-0.4, -0.2) is 30.2 Å². The van der Waals surface area contributed by atoms with Crippen molar-refractivity contribution in [2.75, 3.05) is 24.7 Å². The van der Waals surface area contributed by atoms with E-state index < -0.39 is 6.10 Å². The van der Waals surface area contributed by atoms with Gasteiger partial charge < -0.3 is 15.6 Å². The summed E-state index contributed by atoms with van der Waals surface area (Å²) in [4.78, 5) is 1.12. The molecular weight excluding hydrogens is 234 g/mol. The number of thioether (sulfide) groups is 1. The maximum atomic E-state index is 9.69. The zero-order valence-corrected chi connectivity index (χ0v) is 11.1. The number of nitrogens with two attached hydrogens (primary N) is 1. The number of aliphatic hydroxyl groups is 1. The van der Waals surface area contributed by atoms with Gasteiger partial charge in [-0.1, -0.05) is 13.3 Å². The number of anilines is 1. The van der Waals surface area contributed by atoms with E-state index in [0.29, 0.717) is 12.4 Å². The SMILES string of the molecule is CCCCOCC(O)CSc1ccc(N)cc1. The van der Waals surface area contributed by atoms with E-state index in [0.717, 1.165) is 30.0 Å². The number of benzene rings is 1. The fourth-order valence-corrected chi connectivity index (χ4v) is 2.08. The fourth-order valence-electron chi connectivity index (χ4n) is 1.27. The van der Waals surface area contributed by atoms with Crippen molar-refractivity contribution in [3.05, 3.63) is 24.3 Å². The number of ether oxygens (including phenoxy) is 1. The average Bonchev–Trinajstić information content (AvgIpc) is 2.34. The smallest absolute Gasteiger partial charge is 0.0867 e. The van der Waals surface area contributed by atoms with E-state index in [1.807, 2.05) is 24.3 Å². The molecule has 0 bridgehead atoms. The lowest BCUT2D eigenvalue weighted by Crippen LogP contribution is -2.18. The van der Waals surface area contributed by atoms with Crippen LogP contribution in [0.1, 0.15) is 19.8 Å². The maximum Gasteiger partial charge on any atom is 0.0867 e. The predicted octanol–water partition coefficient (Wildman–Crippen LogP) is 2.54. The average molecular weight is 255 g/mol. The number of hydrogen-bond donors (Lipinski definition) is 2. The third kappa shape index (κ3) is 6.56. The van der Waals surface area contributed by atoms with Gasteiger partial charge in [-0.05, 0) is 30.7 Å². The van der Waals surface area contributed by atoms with Crippen LogP contribution in [0.25, 0.3) is 0 Å². The highest BCUT2D eigenvalue weighted by atomic mass is 32.2. The molecule has 17 heavy (non-hydrogen) atoms. The third-order valence-electron chi connectivity index (χ3n) is 2.27. The lowest BCUT2D eigenvalue weighted by atomic mass is 10.3. The zero-order chi connectivity index (χ0) is 12.5. The molecule has 0 amide bonds. The molecule has 0 heterocycles. The minimum Gasteiger partial charge on any atom is -0.399 e. The lowest BCUT2D eigenvalue weighted by Gasteiger charge is -2.10. The second kappa shape index (κ2) is 8.39. The van der Waals surface area contributed by atoms with Gasteiger partial charge in [-0.15, -0.1) is 11.8 Å². The van der Waals surface area contributed by atoms with Crippen LogP contribution in [0, 0.1) is 0 Å². The molecule has 0 aliphatic carbocycles. The van der Waals surface area contributed by atoms with Gasteiger partial charge in [0.2, 0.25) is 0 Å². The van der Waals surface area contributed by atoms with Crippen molar-refractivity contribution in [2.45, 2.75) is 30.8 Å². The largest absolute Gasteiger partial charge is 0.399 e. The van der Waals surface area contributed by atoms with Crippen LogP contribution in [0.15, 0.2) is 29.2 Å². The number of rotatable bonds is 8. The summed E-state index contributed by atoms with van der Waals surface area (Å²) in [5.74, 6) is 0.649. The second-order valence-corrected chi connectivity index (χ2v) is 5.06. The molecule has 1 aromatic carbocycles. The van der Waals surface area contributed by atoms with Crippen LogP contribution in [0.2, 0.25) is 0 Å². The summed E-state index contributed by atoms with van der Waals surface area (Å²) in [5, 5.41) is 9.69. The van der Waals surface area contributed by atoms with Crippen molar-refractivity contribution in [3.8, 4) is 0 Å². The molecule has 0 saturated carbocycles. The standard InChI is InChI=1S/C13H21NO2S/c1-2-3-8-16-9-12(15)10-17-13-6-4-11(14)5-7-13/h4-7,12,15H,2-3,8-10,14H2,1H3. The van der Waals surface area contributed by atoms with Crippen LogP contribution >= 0.6 is 11.8 Å². The number of hydrogen-bond acceptors (Lipinski definition) is 4. The summed E-state index contributed by atoms with van der Waals surface area (Å²) >= 11 is 1.62. The Kier molecular flexibility index (Phi) is 7.08. The fraction of sp³-hybridized carbons (Fsp3) is 0.538. The molecule has 4 heteroatoms. The van der Waals surface area contributed by atoms with Crippen LogP contribution in [0.3, 0.4) is 0 Å². The molecule has 1 unspecified atom stereocenters. The molecule has 0 saturated heterocycles. The molecule has 3 N–H and O–H groups in total. The Morgan fingerprint density at radius 3 is 2.71 bits per heavy atom. The van der Waals surface area contributed by atoms with Gasteiger partial charge in [0.05, 0.1) is 12.7 Å². The van der Waals surface area contributed by atoms with Crippen molar-refractivity contribution in [1.29, 1.82) is 0 Å². The Hall–Kier alpha value is -0.710. The second-order valence-electron chi connectivity index (χ2n) is 3.96. The van der Waals surface area contributed by atoms with Gasteiger partial charge in [0.25, 0.3) is 0 Å². The molecule has 0 fully saturated rings. The summed E-state index contributed by atoms with van der Waals surface area (Å²) in [6.07, 6.45) is 1.77. The van der Waals surface area contributed by atoms with Gasteiger partial charge in [-0.2, -0.15) is 0 Å². The molecule has 3 nitrogen and oxygen atoms in total. The van der Waals surface area contributed by atoms with Crippen molar-refractivity contribution in [2.24, 2.45) is 0 Å². The van der Waals surface area contributed by atoms with Gasteiger partial charge in [0.1, 0.15) is 0 Å². The normalized spacial score (nSPS) is 12.6. The summed E-state index contributed by atoms with van der Waals surface area (Å²) in [7, 11) is 0. The van der Waals surface area contributed by atoms with Crippen molar-refractivity contribution < 1.29 is 9.84 Å². The Bertz CT molecular complexity index is 303. The summed E-state index contributed by atoms with van der Waals surface area (Å²) < 4.78 is 5.36. The van der Waals surface area contributed by atoms with Gasteiger partial charge in [0, 0.05) is 22.9 Å². The topological polar surface area (TPSA) is 55.5 Å². The highest BCUT2D eigenvalue weighted by molar-refractivity contribution is 7.99. The Morgan fingerprint density at radius 1 is 1.35 bits per heavy atom. The number of nitrogen functional groups attached to an aromatic ring is 1. The van der Waals surface area contributed by atoms with Gasteiger partial charge >= 0.3 is 0 Å². The van der Waals surface area contributed by atoms with Gasteiger partial charge in [0.15, 0.2) is 0 Å². The zero-order valence-electron chi connectivity index (χ0n) is 10.3. The minimum absolute atomic E-state index is 0.408. The molecule has 0 aliphatic rings. The minimum atomic E-state index is -0.408. The first-order chi connectivity index (χ1) is 8.22. The Balaban J connectivity index is 2.14. The van der Waals surface area contributed by atoms with E-state index in [-0.39, 0.29) is 0 Å². The molecule has 1 rings (SSSR count).